The molecule has 0 aliphatic carbocycles. The van der Waals surface area contributed by atoms with E-state index in [0.29, 0.717) is 18.4 Å². The molecule has 4 heteroatoms. The second-order valence-corrected chi connectivity index (χ2v) is 4.71. The predicted molar refractivity (Wildman–Crippen MR) is 78.3 cm³/mol. The van der Waals surface area contributed by atoms with E-state index in [9.17, 15) is 9.59 Å². The molecule has 0 aliphatic heterocycles. The van der Waals surface area contributed by atoms with Crippen molar-refractivity contribution < 1.29 is 4.79 Å². The smallest absolute Gasteiger partial charge is 0.255 e. The summed E-state index contributed by atoms with van der Waals surface area (Å²) in [7, 11) is 1.70. The van der Waals surface area contributed by atoms with Gasteiger partial charge in [0.25, 0.3) is 5.56 Å². The molecule has 2 aromatic rings. The van der Waals surface area contributed by atoms with Crippen LogP contribution in [0.4, 0.5) is 0 Å². The summed E-state index contributed by atoms with van der Waals surface area (Å²) < 4.78 is 1.51. The highest BCUT2D eigenvalue weighted by Crippen LogP contribution is 2.02. The first kappa shape index (κ1) is 14.1. The normalized spacial score (nSPS) is 10.2. The van der Waals surface area contributed by atoms with Crippen molar-refractivity contribution in [1.29, 1.82) is 0 Å². The fourth-order valence-electron chi connectivity index (χ4n) is 1.97. The van der Waals surface area contributed by atoms with Gasteiger partial charge >= 0.3 is 0 Å². The van der Waals surface area contributed by atoms with Crippen LogP contribution in [0.25, 0.3) is 0 Å². The summed E-state index contributed by atoms with van der Waals surface area (Å²) in [6, 6.07) is 13.4. The van der Waals surface area contributed by atoms with E-state index >= 15 is 0 Å². The van der Waals surface area contributed by atoms with Crippen LogP contribution in [0.15, 0.2) is 53.5 Å². The molecule has 0 aliphatic rings. The first-order chi connectivity index (χ1) is 9.66. The molecule has 1 aromatic heterocycles. The molecule has 0 unspecified atom stereocenters. The number of aryl methyl sites for hydroxylation is 2. The van der Waals surface area contributed by atoms with E-state index in [4.69, 9.17) is 0 Å². The molecule has 1 aromatic carbocycles. The van der Waals surface area contributed by atoms with Gasteiger partial charge in [-0.2, -0.15) is 0 Å². The molecule has 0 bridgehead atoms. The van der Waals surface area contributed by atoms with E-state index in [1.54, 1.807) is 25.4 Å². The van der Waals surface area contributed by atoms with Crippen molar-refractivity contribution in [1.82, 2.24) is 9.88 Å². The Morgan fingerprint density at radius 2 is 1.90 bits per heavy atom. The zero-order valence-electron chi connectivity index (χ0n) is 11.5. The van der Waals surface area contributed by atoms with Gasteiger partial charge in [0.2, 0.25) is 5.91 Å². The number of carbonyl (C=O) groups excluding carboxylic acids is 1. The van der Waals surface area contributed by atoms with Crippen molar-refractivity contribution in [3.05, 3.63) is 70.1 Å². The molecule has 0 radical (unpaired) electrons. The highest BCUT2D eigenvalue weighted by Gasteiger charge is 2.05. The largest absolute Gasteiger partial charge is 0.352 e. The lowest BCUT2D eigenvalue weighted by Crippen LogP contribution is -2.28. The van der Waals surface area contributed by atoms with Crippen LogP contribution < -0.4 is 10.9 Å². The van der Waals surface area contributed by atoms with Gasteiger partial charge in [0.1, 0.15) is 0 Å². The molecule has 0 saturated carbocycles. The van der Waals surface area contributed by atoms with Crippen molar-refractivity contribution in [3.8, 4) is 0 Å². The first-order valence-electron chi connectivity index (χ1n) is 6.62. The predicted octanol–water partition coefficient (Wildman–Crippen LogP) is 1.63. The Labute approximate surface area is 118 Å². The third kappa shape index (κ3) is 3.82. The Kier molecular flexibility index (Phi) is 4.71. The Morgan fingerprint density at radius 1 is 1.15 bits per heavy atom. The molecule has 0 spiro atoms. The Bertz CT molecular complexity index is 632. The van der Waals surface area contributed by atoms with Gasteiger partial charge in [0, 0.05) is 31.8 Å². The van der Waals surface area contributed by atoms with Gasteiger partial charge in [-0.3, -0.25) is 9.59 Å². The summed E-state index contributed by atoms with van der Waals surface area (Å²) in [5.74, 6) is -0.0419. The molecule has 1 heterocycles. The van der Waals surface area contributed by atoms with Gasteiger partial charge in [0.05, 0.1) is 0 Å². The minimum atomic E-state index is -0.0733. The standard InChI is InChI=1S/C16H18N2O2/c1-18-11-5-8-14(16(18)20)12-17-15(19)10-9-13-6-3-2-4-7-13/h2-8,11H,9-10,12H2,1H3,(H,17,19). The van der Waals surface area contributed by atoms with Gasteiger partial charge in [-0.15, -0.1) is 0 Å². The summed E-state index contributed by atoms with van der Waals surface area (Å²) >= 11 is 0. The first-order valence-corrected chi connectivity index (χ1v) is 6.62. The molecule has 0 fully saturated rings. The average molecular weight is 270 g/mol. The molecule has 0 saturated heterocycles. The lowest BCUT2D eigenvalue weighted by atomic mass is 10.1. The van der Waals surface area contributed by atoms with Crippen LogP contribution in [-0.4, -0.2) is 10.5 Å². The molecule has 2 rings (SSSR count). The highest BCUT2D eigenvalue weighted by molar-refractivity contribution is 5.76. The molecule has 0 atom stereocenters. The zero-order valence-corrected chi connectivity index (χ0v) is 11.5. The van der Waals surface area contributed by atoms with E-state index in [0.717, 1.165) is 5.56 Å². The summed E-state index contributed by atoms with van der Waals surface area (Å²) in [5.41, 5.74) is 1.66. The number of nitrogens with one attached hydrogen (secondary N) is 1. The van der Waals surface area contributed by atoms with Crippen molar-refractivity contribution in [2.75, 3.05) is 0 Å². The Morgan fingerprint density at radius 3 is 2.65 bits per heavy atom. The second kappa shape index (κ2) is 6.70. The number of aromatic nitrogens is 1. The maximum Gasteiger partial charge on any atom is 0.255 e. The van der Waals surface area contributed by atoms with Crippen molar-refractivity contribution in [2.45, 2.75) is 19.4 Å². The third-order valence-corrected chi connectivity index (χ3v) is 3.16. The van der Waals surface area contributed by atoms with Crippen LogP contribution in [0.1, 0.15) is 17.5 Å². The van der Waals surface area contributed by atoms with E-state index in [1.165, 1.54) is 4.57 Å². The number of hydrogen-bond acceptors (Lipinski definition) is 2. The Hall–Kier alpha value is -2.36. The fraction of sp³-hybridized carbons (Fsp3) is 0.250. The maximum atomic E-state index is 11.8. The van der Waals surface area contributed by atoms with Crippen molar-refractivity contribution in [3.63, 3.8) is 0 Å². The number of hydrogen-bond donors (Lipinski definition) is 1. The maximum absolute atomic E-state index is 11.8. The van der Waals surface area contributed by atoms with E-state index < -0.39 is 0 Å². The van der Waals surface area contributed by atoms with Gasteiger partial charge in [-0.25, -0.2) is 0 Å². The van der Waals surface area contributed by atoms with Gasteiger partial charge in [0.15, 0.2) is 0 Å². The highest BCUT2D eigenvalue weighted by atomic mass is 16.1. The molecular weight excluding hydrogens is 252 g/mol. The van der Waals surface area contributed by atoms with E-state index in [-0.39, 0.29) is 18.0 Å². The summed E-state index contributed by atoms with van der Waals surface area (Å²) in [6.45, 7) is 0.279. The molecule has 104 valence electrons. The number of carbonyl (C=O) groups is 1. The lowest BCUT2D eigenvalue weighted by molar-refractivity contribution is -0.121. The zero-order chi connectivity index (χ0) is 14.4. The number of rotatable bonds is 5. The third-order valence-electron chi connectivity index (χ3n) is 3.16. The quantitative estimate of drug-likeness (QED) is 0.898. The van der Waals surface area contributed by atoms with Crippen LogP contribution >= 0.6 is 0 Å². The summed E-state index contributed by atoms with van der Waals surface area (Å²) in [6.07, 6.45) is 2.83. The van der Waals surface area contributed by atoms with Crippen LogP contribution in [-0.2, 0) is 24.8 Å². The number of nitrogens with zero attached hydrogens (tertiary/aromatic N) is 1. The molecule has 1 amide bonds. The molecule has 1 N–H and O–H groups in total. The minimum absolute atomic E-state index is 0.0419. The molecule has 4 nitrogen and oxygen atoms in total. The topological polar surface area (TPSA) is 51.1 Å². The van der Waals surface area contributed by atoms with Crippen LogP contribution in [0.2, 0.25) is 0 Å². The monoisotopic (exact) mass is 270 g/mol. The average Bonchev–Trinajstić information content (AvgIpc) is 2.48. The number of benzene rings is 1. The number of pyridine rings is 1. The van der Waals surface area contributed by atoms with E-state index in [2.05, 4.69) is 5.32 Å². The summed E-state index contributed by atoms with van der Waals surface area (Å²) in [5, 5.41) is 2.78. The van der Waals surface area contributed by atoms with Gasteiger partial charge in [-0.05, 0) is 18.1 Å². The van der Waals surface area contributed by atoms with Crippen LogP contribution in [0, 0.1) is 0 Å². The van der Waals surface area contributed by atoms with Gasteiger partial charge < -0.3 is 9.88 Å². The van der Waals surface area contributed by atoms with Crippen molar-refractivity contribution >= 4 is 5.91 Å². The summed E-state index contributed by atoms with van der Waals surface area (Å²) in [4.78, 5) is 23.5. The molecule has 20 heavy (non-hydrogen) atoms. The van der Waals surface area contributed by atoms with E-state index in [1.807, 2.05) is 30.3 Å². The van der Waals surface area contributed by atoms with Crippen LogP contribution in [0.5, 0.6) is 0 Å². The lowest BCUT2D eigenvalue weighted by Gasteiger charge is -2.06. The fourth-order valence-corrected chi connectivity index (χ4v) is 1.97. The van der Waals surface area contributed by atoms with Crippen molar-refractivity contribution in [2.24, 2.45) is 7.05 Å². The minimum Gasteiger partial charge on any atom is -0.352 e. The van der Waals surface area contributed by atoms with Gasteiger partial charge in [-0.1, -0.05) is 36.4 Å². The van der Waals surface area contributed by atoms with Crippen LogP contribution in [0.3, 0.4) is 0 Å². The number of amides is 1. The molecular formula is C16H18N2O2. The SMILES string of the molecule is Cn1cccc(CNC(=O)CCc2ccccc2)c1=O. The second-order valence-electron chi connectivity index (χ2n) is 4.71. The Balaban J connectivity index is 1.84.